The van der Waals surface area contributed by atoms with E-state index in [0.717, 1.165) is 16.9 Å². The van der Waals surface area contributed by atoms with E-state index in [-0.39, 0.29) is 43.8 Å². The van der Waals surface area contributed by atoms with Crippen LogP contribution in [0.1, 0.15) is 30.0 Å². The smallest absolute Gasteiger partial charge is 0.290 e. The summed E-state index contributed by atoms with van der Waals surface area (Å²) in [4.78, 5) is 44.4. The van der Waals surface area contributed by atoms with E-state index in [1.165, 1.54) is 4.90 Å². The van der Waals surface area contributed by atoms with E-state index < -0.39 is 12.0 Å². The minimum atomic E-state index is -0.570. The molecule has 0 saturated carbocycles. The summed E-state index contributed by atoms with van der Waals surface area (Å²) < 4.78 is 22.4. The first-order valence-electron chi connectivity index (χ1n) is 13.7. The number of carbonyl (C=O) groups excluding carboxylic acids is 3. The molecule has 2 aromatic carbocycles. The zero-order valence-electron chi connectivity index (χ0n) is 24.0. The zero-order valence-corrected chi connectivity index (χ0v) is 24.0. The van der Waals surface area contributed by atoms with Crippen LogP contribution in [-0.4, -0.2) is 92.1 Å². The van der Waals surface area contributed by atoms with Crippen molar-refractivity contribution < 1.29 is 33.0 Å². The second-order valence-corrected chi connectivity index (χ2v) is 9.70. The first-order chi connectivity index (χ1) is 19.8. The second kappa shape index (κ2) is 13.8. The van der Waals surface area contributed by atoms with E-state index in [1.807, 2.05) is 62.4 Å². The van der Waals surface area contributed by atoms with Gasteiger partial charge in [-0.05, 0) is 67.9 Å². The molecule has 2 heterocycles. The Kier molecular flexibility index (Phi) is 10.0. The number of likely N-dealkylation sites (N-methyl/N-ethyl adjacent to an activating group) is 1. The maximum absolute atomic E-state index is 13.6. The number of furan rings is 1. The third-order valence-electron chi connectivity index (χ3n) is 7.10. The maximum Gasteiger partial charge on any atom is 0.290 e. The average Bonchev–Trinajstić information content (AvgIpc) is 3.44. The molecule has 1 aliphatic rings. The van der Waals surface area contributed by atoms with Crippen molar-refractivity contribution in [2.75, 3.05) is 53.6 Å². The molecule has 3 aromatic rings. The summed E-state index contributed by atoms with van der Waals surface area (Å²) >= 11 is 0. The SMILES string of the molecule is CCN(CC)C(=O)COC1CN(Cc2ccc(OC)cc2)C(=O)CN(C(=O)c2ccc(-c3ccc(OC)cc3)o2)C1. The molecule has 4 rings (SSSR count). The second-order valence-electron chi connectivity index (χ2n) is 9.70. The number of amides is 3. The lowest BCUT2D eigenvalue weighted by Crippen LogP contribution is -2.41. The Balaban J connectivity index is 1.52. The van der Waals surface area contributed by atoms with Crippen LogP contribution in [0.2, 0.25) is 0 Å². The first-order valence-corrected chi connectivity index (χ1v) is 13.7. The Morgan fingerprint density at radius 2 is 1.54 bits per heavy atom. The molecule has 41 heavy (non-hydrogen) atoms. The van der Waals surface area contributed by atoms with E-state index in [1.54, 1.807) is 36.2 Å². The molecule has 0 bridgehead atoms. The van der Waals surface area contributed by atoms with E-state index in [2.05, 4.69) is 0 Å². The Labute approximate surface area is 240 Å². The summed E-state index contributed by atoms with van der Waals surface area (Å²) in [5.74, 6) is 1.28. The fourth-order valence-electron chi connectivity index (χ4n) is 4.72. The van der Waals surface area contributed by atoms with Gasteiger partial charge < -0.3 is 33.3 Å². The quantitative estimate of drug-likeness (QED) is 0.351. The fourth-order valence-corrected chi connectivity index (χ4v) is 4.72. The van der Waals surface area contributed by atoms with Gasteiger partial charge in [-0.25, -0.2) is 0 Å². The van der Waals surface area contributed by atoms with Gasteiger partial charge in [-0.3, -0.25) is 14.4 Å². The highest BCUT2D eigenvalue weighted by Gasteiger charge is 2.33. The topological polar surface area (TPSA) is 102 Å². The number of methoxy groups -OCH3 is 2. The van der Waals surface area contributed by atoms with Crippen LogP contribution in [0.25, 0.3) is 11.3 Å². The van der Waals surface area contributed by atoms with E-state index in [4.69, 9.17) is 18.6 Å². The number of ether oxygens (including phenoxy) is 3. The highest BCUT2D eigenvalue weighted by molar-refractivity contribution is 5.95. The summed E-state index contributed by atoms with van der Waals surface area (Å²) in [6, 6.07) is 18.1. The number of nitrogens with zero attached hydrogens (tertiary/aromatic N) is 3. The summed E-state index contributed by atoms with van der Waals surface area (Å²) in [5, 5.41) is 0. The Hall–Kier alpha value is -4.31. The number of hydrogen-bond donors (Lipinski definition) is 0. The number of rotatable bonds is 11. The van der Waals surface area contributed by atoms with Crippen molar-refractivity contribution in [1.29, 1.82) is 0 Å². The molecule has 0 N–H and O–H groups in total. The highest BCUT2D eigenvalue weighted by atomic mass is 16.5. The van der Waals surface area contributed by atoms with Crippen LogP contribution in [0.4, 0.5) is 0 Å². The van der Waals surface area contributed by atoms with Gasteiger partial charge in [0.1, 0.15) is 30.4 Å². The average molecular weight is 564 g/mol. The molecule has 1 aromatic heterocycles. The van der Waals surface area contributed by atoms with Crippen LogP contribution in [0.3, 0.4) is 0 Å². The molecule has 0 spiro atoms. The monoisotopic (exact) mass is 563 g/mol. The fraction of sp³-hybridized carbons (Fsp3) is 0.387. The van der Waals surface area contributed by atoms with Crippen LogP contribution in [-0.2, 0) is 20.9 Å². The minimum Gasteiger partial charge on any atom is -0.497 e. The maximum atomic E-state index is 13.6. The van der Waals surface area contributed by atoms with Crippen molar-refractivity contribution in [3.63, 3.8) is 0 Å². The molecule has 10 nitrogen and oxygen atoms in total. The van der Waals surface area contributed by atoms with E-state index >= 15 is 0 Å². The molecule has 218 valence electrons. The van der Waals surface area contributed by atoms with Gasteiger partial charge in [0.2, 0.25) is 11.8 Å². The van der Waals surface area contributed by atoms with E-state index in [9.17, 15) is 14.4 Å². The van der Waals surface area contributed by atoms with Crippen molar-refractivity contribution >= 4 is 17.7 Å². The highest BCUT2D eigenvalue weighted by Crippen LogP contribution is 2.26. The van der Waals surface area contributed by atoms with Crippen molar-refractivity contribution in [2.45, 2.75) is 26.5 Å². The molecule has 1 aliphatic heterocycles. The molecule has 10 heteroatoms. The molecule has 1 atom stereocenters. The molecule has 3 amide bonds. The Morgan fingerprint density at radius 3 is 2.15 bits per heavy atom. The lowest BCUT2D eigenvalue weighted by Gasteiger charge is -2.26. The van der Waals surface area contributed by atoms with Gasteiger partial charge in [-0.15, -0.1) is 0 Å². The molecule has 0 radical (unpaired) electrons. The largest absolute Gasteiger partial charge is 0.497 e. The van der Waals surface area contributed by atoms with Gasteiger partial charge >= 0.3 is 0 Å². The molecular formula is C31H37N3O7. The third-order valence-corrected chi connectivity index (χ3v) is 7.10. The summed E-state index contributed by atoms with van der Waals surface area (Å²) in [7, 11) is 3.19. The van der Waals surface area contributed by atoms with Gasteiger partial charge in [0.05, 0.1) is 20.3 Å². The Morgan fingerprint density at radius 1 is 0.902 bits per heavy atom. The minimum absolute atomic E-state index is 0.116. The first kappa shape index (κ1) is 29.7. The predicted molar refractivity (Wildman–Crippen MR) is 153 cm³/mol. The molecule has 1 unspecified atom stereocenters. The molecular weight excluding hydrogens is 526 g/mol. The van der Waals surface area contributed by atoms with Crippen molar-refractivity contribution in [3.05, 3.63) is 72.0 Å². The van der Waals surface area contributed by atoms with Gasteiger partial charge in [-0.2, -0.15) is 0 Å². The molecule has 1 fully saturated rings. The van der Waals surface area contributed by atoms with Crippen LogP contribution in [0.5, 0.6) is 11.5 Å². The van der Waals surface area contributed by atoms with Gasteiger partial charge in [0.15, 0.2) is 5.76 Å². The van der Waals surface area contributed by atoms with Crippen molar-refractivity contribution in [3.8, 4) is 22.8 Å². The number of benzene rings is 2. The van der Waals surface area contributed by atoms with Crippen LogP contribution in [0, 0.1) is 0 Å². The van der Waals surface area contributed by atoms with Crippen LogP contribution >= 0.6 is 0 Å². The Bertz CT molecular complexity index is 1320. The normalized spacial score (nSPS) is 15.4. The number of hydrogen-bond acceptors (Lipinski definition) is 7. The third kappa shape index (κ3) is 7.46. The summed E-state index contributed by atoms with van der Waals surface area (Å²) in [6.07, 6.45) is -0.570. The van der Waals surface area contributed by atoms with Gasteiger partial charge in [-0.1, -0.05) is 12.1 Å². The summed E-state index contributed by atoms with van der Waals surface area (Å²) in [5.41, 5.74) is 1.70. The molecule has 0 aliphatic carbocycles. The van der Waals surface area contributed by atoms with Crippen LogP contribution in [0.15, 0.2) is 65.1 Å². The standard InChI is InChI=1S/C31H37N3O7/c1-5-32(6-2)30(36)21-40-26-18-33(17-22-7-11-24(38-3)12-8-22)29(35)20-34(19-26)31(37)28-16-15-27(41-28)23-9-13-25(39-4)14-10-23/h7-16,26H,5-6,17-21H2,1-4H3. The zero-order chi connectivity index (χ0) is 29.4. The predicted octanol–water partition coefficient (Wildman–Crippen LogP) is 3.70. The lowest BCUT2D eigenvalue weighted by molar-refractivity contribution is -0.138. The van der Waals surface area contributed by atoms with Crippen molar-refractivity contribution in [2.24, 2.45) is 0 Å². The van der Waals surface area contributed by atoms with Crippen molar-refractivity contribution in [1.82, 2.24) is 14.7 Å². The van der Waals surface area contributed by atoms with Gasteiger partial charge in [0, 0.05) is 38.3 Å². The van der Waals surface area contributed by atoms with Crippen LogP contribution < -0.4 is 9.47 Å². The van der Waals surface area contributed by atoms with Gasteiger partial charge in [0.25, 0.3) is 5.91 Å². The lowest BCUT2D eigenvalue weighted by atomic mass is 10.2. The number of carbonyl (C=O) groups is 3. The molecule has 1 saturated heterocycles. The van der Waals surface area contributed by atoms with E-state index in [0.29, 0.717) is 31.1 Å². The summed E-state index contributed by atoms with van der Waals surface area (Å²) in [6.45, 7) is 5.38.